The van der Waals surface area contributed by atoms with E-state index in [0.717, 1.165) is 5.75 Å². The van der Waals surface area contributed by atoms with Gasteiger partial charge in [0.05, 0.1) is 15.2 Å². The van der Waals surface area contributed by atoms with Gasteiger partial charge in [0.25, 0.3) is 0 Å². The molecule has 0 saturated carbocycles. The van der Waals surface area contributed by atoms with Gasteiger partial charge in [-0.3, -0.25) is 0 Å². The first-order valence-corrected chi connectivity index (χ1v) is 11.9. The van der Waals surface area contributed by atoms with Gasteiger partial charge >= 0.3 is 0 Å². The molecule has 0 aromatic heterocycles. The highest BCUT2D eigenvalue weighted by atomic mass is 28.3. The van der Waals surface area contributed by atoms with Crippen molar-refractivity contribution in [3.8, 4) is 5.75 Å². The fraction of sp³-hybridized carbons (Fsp3) is 0.217. The first kappa shape index (κ1) is 17.5. The zero-order valence-corrected chi connectivity index (χ0v) is 16.5. The maximum absolute atomic E-state index is 5.35. The van der Waals surface area contributed by atoms with Crippen molar-refractivity contribution in [3.05, 3.63) is 95.6 Å². The van der Waals surface area contributed by atoms with Gasteiger partial charge in [-0.25, -0.2) is 0 Å². The van der Waals surface area contributed by atoms with E-state index in [0.29, 0.717) is 5.54 Å². The molecule has 1 atom stereocenters. The van der Waals surface area contributed by atoms with Gasteiger partial charge < -0.3 is 4.74 Å². The van der Waals surface area contributed by atoms with Crippen molar-refractivity contribution < 1.29 is 4.74 Å². The summed E-state index contributed by atoms with van der Waals surface area (Å²) in [6.45, 7) is 7.08. The third kappa shape index (κ3) is 3.69. The minimum atomic E-state index is -1.78. The fourth-order valence-electron chi connectivity index (χ4n) is 3.62. The van der Waals surface area contributed by atoms with Crippen LogP contribution >= 0.6 is 0 Å². The van der Waals surface area contributed by atoms with Gasteiger partial charge in [0.15, 0.2) is 0 Å². The van der Waals surface area contributed by atoms with Gasteiger partial charge in [-0.2, -0.15) is 0 Å². The first-order chi connectivity index (χ1) is 12.0. The largest absolute Gasteiger partial charge is 0.497 e. The second-order valence-corrected chi connectivity index (χ2v) is 11.8. The van der Waals surface area contributed by atoms with Crippen LogP contribution < -0.4 is 9.92 Å². The number of hydrogen-bond acceptors (Lipinski definition) is 1. The van der Waals surface area contributed by atoms with E-state index in [1.807, 2.05) is 0 Å². The van der Waals surface area contributed by atoms with E-state index in [1.54, 1.807) is 7.11 Å². The highest BCUT2D eigenvalue weighted by Crippen LogP contribution is 2.34. The Kier molecular flexibility index (Phi) is 5.10. The van der Waals surface area contributed by atoms with Crippen LogP contribution in [0.25, 0.3) is 0 Å². The van der Waals surface area contributed by atoms with Crippen LogP contribution in [0.5, 0.6) is 5.75 Å². The molecule has 3 aromatic rings. The second kappa shape index (κ2) is 7.28. The molecule has 0 aliphatic heterocycles. The summed E-state index contributed by atoms with van der Waals surface area (Å²) in [5.41, 5.74) is 4.47. The molecule has 25 heavy (non-hydrogen) atoms. The van der Waals surface area contributed by atoms with E-state index in [-0.39, 0.29) is 0 Å². The Morgan fingerprint density at radius 2 is 1.24 bits per heavy atom. The number of hydrogen-bond donors (Lipinski definition) is 0. The molecule has 0 N–H and O–H groups in total. The van der Waals surface area contributed by atoms with E-state index in [2.05, 4.69) is 98.9 Å². The molecule has 2 heteroatoms. The number of rotatable bonds is 5. The van der Waals surface area contributed by atoms with Crippen LogP contribution in [-0.2, 0) is 0 Å². The smallest absolute Gasteiger partial charge is 0.118 e. The van der Waals surface area contributed by atoms with Gasteiger partial charge in [0.1, 0.15) is 5.75 Å². The topological polar surface area (TPSA) is 9.23 Å². The van der Waals surface area contributed by atoms with Gasteiger partial charge in [-0.1, -0.05) is 90.6 Å². The summed E-state index contributed by atoms with van der Waals surface area (Å²) in [6.07, 6.45) is 0. The van der Waals surface area contributed by atoms with Crippen LogP contribution in [0.15, 0.2) is 78.9 Å². The Labute approximate surface area is 152 Å². The lowest BCUT2D eigenvalue weighted by molar-refractivity contribution is 0.414. The number of aryl methyl sites for hydroxylation is 1. The molecule has 3 rings (SSSR count). The lowest BCUT2D eigenvalue weighted by Crippen LogP contribution is -2.48. The molecule has 0 radical (unpaired) electrons. The van der Waals surface area contributed by atoms with Gasteiger partial charge in [-0.15, -0.1) is 0 Å². The van der Waals surface area contributed by atoms with Crippen LogP contribution in [0.2, 0.25) is 13.1 Å². The zero-order chi connectivity index (χ0) is 17.9. The Morgan fingerprint density at radius 3 is 1.76 bits per heavy atom. The Bertz CT molecular complexity index is 805. The van der Waals surface area contributed by atoms with Crippen LogP contribution in [-0.4, -0.2) is 15.2 Å². The molecule has 0 spiro atoms. The Morgan fingerprint density at radius 1 is 0.720 bits per heavy atom. The van der Waals surface area contributed by atoms with Crippen LogP contribution in [0, 0.1) is 6.92 Å². The normalized spacial score (nSPS) is 12.6. The van der Waals surface area contributed by atoms with Gasteiger partial charge in [0.2, 0.25) is 0 Å². The summed E-state index contributed by atoms with van der Waals surface area (Å²) in [7, 11) is -0.0589. The van der Waals surface area contributed by atoms with Crippen molar-refractivity contribution >= 4 is 13.3 Å². The number of ether oxygens (including phenoxy) is 1. The van der Waals surface area contributed by atoms with Gasteiger partial charge in [-0.05, 0) is 30.2 Å². The highest BCUT2D eigenvalue weighted by molar-refractivity contribution is 6.91. The molecule has 3 aromatic carbocycles. The van der Waals surface area contributed by atoms with E-state index < -0.39 is 8.07 Å². The number of benzene rings is 3. The quantitative estimate of drug-likeness (QED) is 0.570. The summed E-state index contributed by atoms with van der Waals surface area (Å²) in [5.74, 6) is 0.908. The summed E-state index contributed by atoms with van der Waals surface area (Å²) in [6, 6.07) is 28.6. The molecule has 0 aliphatic carbocycles. The third-order valence-electron chi connectivity index (χ3n) is 5.10. The van der Waals surface area contributed by atoms with E-state index in [9.17, 15) is 0 Å². The van der Waals surface area contributed by atoms with Crippen LogP contribution in [0.1, 0.15) is 22.2 Å². The SMILES string of the molecule is COc1ccc([C@H](c2ccc(C)cc2)[Si](C)(C)c2ccccc2)cc1. The van der Waals surface area contributed by atoms with Gasteiger partial charge in [0, 0.05) is 5.54 Å². The molecule has 0 fully saturated rings. The molecular formula is C23H26OSi. The summed E-state index contributed by atoms with van der Waals surface area (Å²) in [5, 5.41) is 1.48. The maximum Gasteiger partial charge on any atom is 0.118 e. The van der Waals surface area contributed by atoms with Crippen molar-refractivity contribution in [2.24, 2.45) is 0 Å². The maximum atomic E-state index is 5.35. The highest BCUT2D eigenvalue weighted by Gasteiger charge is 2.35. The molecule has 0 unspecified atom stereocenters. The van der Waals surface area contributed by atoms with E-state index >= 15 is 0 Å². The average molecular weight is 347 g/mol. The minimum Gasteiger partial charge on any atom is -0.497 e. The predicted molar refractivity (Wildman–Crippen MR) is 110 cm³/mol. The van der Waals surface area contributed by atoms with Crippen molar-refractivity contribution in [2.75, 3.05) is 7.11 Å². The average Bonchev–Trinajstić information content (AvgIpc) is 2.65. The summed E-state index contributed by atoms with van der Waals surface area (Å²) in [4.78, 5) is 0. The molecule has 0 heterocycles. The monoisotopic (exact) mass is 346 g/mol. The summed E-state index contributed by atoms with van der Waals surface area (Å²) >= 11 is 0. The molecular weight excluding hydrogens is 320 g/mol. The number of methoxy groups -OCH3 is 1. The van der Waals surface area contributed by atoms with E-state index in [1.165, 1.54) is 21.9 Å². The molecule has 128 valence electrons. The standard InChI is InChI=1S/C23H26OSi/c1-18-10-12-19(13-11-18)23(20-14-16-21(24-2)17-15-20)25(3,4)22-8-6-5-7-9-22/h5-17,23H,1-4H3/t23-/m0/s1. The Hall–Kier alpha value is -2.32. The van der Waals surface area contributed by atoms with Crippen molar-refractivity contribution in [1.29, 1.82) is 0 Å². The van der Waals surface area contributed by atoms with Crippen molar-refractivity contribution in [3.63, 3.8) is 0 Å². The predicted octanol–water partition coefficient (Wildman–Crippen LogP) is 5.29. The third-order valence-corrected chi connectivity index (χ3v) is 9.03. The second-order valence-electron chi connectivity index (χ2n) is 7.20. The molecule has 0 aliphatic rings. The lowest BCUT2D eigenvalue weighted by Gasteiger charge is -2.34. The molecule has 0 saturated heterocycles. The Balaban J connectivity index is 2.12. The summed E-state index contributed by atoms with van der Waals surface area (Å²) < 4.78 is 5.35. The van der Waals surface area contributed by atoms with Crippen LogP contribution in [0.3, 0.4) is 0 Å². The lowest BCUT2D eigenvalue weighted by atomic mass is 10.0. The molecule has 1 nitrogen and oxygen atoms in total. The molecule has 0 amide bonds. The minimum absolute atomic E-state index is 0.404. The zero-order valence-electron chi connectivity index (χ0n) is 15.5. The fourth-order valence-corrected chi connectivity index (χ4v) is 7.05. The van der Waals surface area contributed by atoms with Crippen molar-refractivity contribution in [1.82, 2.24) is 0 Å². The molecule has 0 bridgehead atoms. The van der Waals surface area contributed by atoms with E-state index in [4.69, 9.17) is 4.74 Å². The van der Waals surface area contributed by atoms with Crippen molar-refractivity contribution in [2.45, 2.75) is 25.6 Å². The van der Waals surface area contributed by atoms with Crippen LogP contribution in [0.4, 0.5) is 0 Å². The first-order valence-electron chi connectivity index (χ1n) is 8.78.